The van der Waals surface area contributed by atoms with Crippen LogP contribution in [-0.4, -0.2) is 15.6 Å². The van der Waals surface area contributed by atoms with Gasteiger partial charge in [0, 0.05) is 6.42 Å². The van der Waals surface area contributed by atoms with Gasteiger partial charge < -0.3 is 0 Å². The third kappa shape index (κ3) is 1.50. The van der Waals surface area contributed by atoms with Crippen LogP contribution >= 0.6 is 0 Å². The molecular weight excluding hydrogens is 212 g/mol. The van der Waals surface area contributed by atoms with E-state index >= 15 is 0 Å². The zero-order valence-electron chi connectivity index (χ0n) is 10.0. The number of rotatable bonds is 1. The first-order chi connectivity index (χ1) is 8.16. The molecular formula is C14H14N2O. The van der Waals surface area contributed by atoms with E-state index in [0.29, 0.717) is 6.42 Å². The molecule has 1 aliphatic rings. The van der Waals surface area contributed by atoms with Crippen LogP contribution in [-0.2, 0) is 6.42 Å². The highest BCUT2D eigenvalue weighted by Gasteiger charge is 2.27. The fourth-order valence-corrected chi connectivity index (χ4v) is 2.43. The SMILES string of the molecule is Cc1ccc(-n2nc(C)c3c2CCC3=O)cc1. The predicted molar refractivity (Wildman–Crippen MR) is 65.7 cm³/mol. The third-order valence-corrected chi connectivity index (χ3v) is 3.30. The van der Waals surface area contributed by atoms with Crippen LogP contribution in [0.4, 0.5) is 0 Å². The molecule has 0 saturated heterocycles. The topological polar surface area (TPSA) is 34.9 Å². The molecule has 2 aromatic rings. The highest BCUT2D eigenvalue weighted by atomic mass is 16.1. The van der Waals surface area contributed by atoms with Gasteiger partial charge in [-0.3, -0.25) is 4.79 Å². The van der Waals surface area contributed by atoms with Crippen LogP contribution in [0.1, 0.15) is 33.7 Å². The van der Waals surface area contributed by atoms with Gasteiger partial charge in [-0.2, -0.15) is 5.10 Å². The van der Waals surface area contributed by atoms with Crippen LogP contribution < -0.4 is 0 Å². The zero-order valence-corrected chi connectivity index (χ0v) is 10.0. The normalized spacial score (nSPS) is 14.1. The molecule has 0 aliphatic heterocycles. The Labute approximate surface area is 100 Å². The lowest BCUT2D eigenvalue weighted by Gasteiger charge is -2.05. The van der Waals surface area contributed by atoms with E-state index in [1.807, 2.05) is 23.7 Å². The minimum absolute atomic E-state index is 0.232. The number of carbonyl (C=O) groups excluding carboxylic acids is 1. The maximum Gasteiger partial charge on any atom is 0.166 e. The fourth-order valence-electron chi connectivity index (χ4n) is 2.43. The molecule has 0 radical (unpaired) electrons. The molecule has 3 rings (SSSR count). The average Bonchev–Trinajstić information content (AvgIpc) is 2.83. The Hall–Kier alpha value is -1.90. The first-order valence-electron chi connectivity index (χ1n) is 5.85. The van der Waals surface area contributed by atoms with E-state index in [9.17, 15) is 4.79 Å². The Morgan fingerprint density at radius 1 is 1.12 bits per heavy atom. The minimum Gasteiger partial charge on any atom is -0.294 e. The molecule has 86 valence electrons. The average molecular weight is 226 g/mol. The van der Waals surface area contributed by atoms with Crippen molar-refractivity contribution < 1.29 is 4.79 Å². The Morgan fingerprint density at radius 3 is 2.53 bits per heavy atom. The van der Waals surface area contributed by atoms with Crippen LogP contribution in [0.15, 0.2) is 24.3 Å². The lowest BCUT2D eigenvalue weighted by Crippen LogP contribution is -2.01. The lowest BCUT2D eigenvalue weighted by molar-refractivity contribution is 0.0994. The largest absolute Gasteiger partial charge is 0.294 e. The molecule has 17 heavy (non-hydrogen) atoms. The monoisotopic (exact) mass is 226 g/mol. The van der Waals surface area contributed by atoms with E-state index in [1.165, 1.54) is 5.56 Å². The molecule has 1 aromatic heterocycles. The van der Waals surface area contributed by atoms with E-state index in [2.05, 4.69) is 24.2 Å². The number of fused-ring (bicyclic) bond motifs is 1. The Kier molecular flexibility index (Phi) is 2.15. The van der Waals surface area contributed by atoms with E-state index in [-0.39, 0.29) is 5.78 Å². The van der Waals surface area contributed by atoms with E-state index in [4.69, 9.17) is 0 Å². The summed E-state index contributed by atoms with van der Waals surface area (Å²) in [5, 5.41) is 4.48. The fraction of sp³-hybridized carbons (Fsp3) is 0.286. The first-order valence-corrected chi connectivity index (χ1v) is 5.85. The van der Waals surface area contributed by atoms with Gasteiger partial charge in [-0.25, -0.2) is 4.68 Å². The van der Waals surface area contributed by atoms with Gasteiger partial charge in [0.25, 0.3) is 0 Å². The smallest absolute Gasteiger partial charge is 0.166 e. The van der Waals surface area contributed by atoms with E-state index in [0.717, 1.165) is 29.1 Å². The van der Waals surface area contributed by atoms with E-state index < -0.39 is 0 Å². The molecule has 0 saturated carbocycles. The standard InChI is InChI=1S/C14H14N2O/c1-9-3-5-11(6-4-9)16-12-7-8-13(17)14(12)10(2)15-16/h3-6H,7-8H2,1-2H3. The first kappa shape index (κ1) is 10.3. The maximum atomic E-state index is 11.7. The predicted octanol–water partition coefficient (Wildman–Crippen LogP) is 2.62. The quantitative estimate of drug-likeness (QED) is 0.749. The molecule has 0 amide bonds. The second-order valence-corrected chi connectivity index (χ2v) is 4.58. The number of hydrogen-bond donors (Lipinski definition) is 0. The van der Waals surface area contributed by atoms with Crippen LogP contribution in [0.5, 0.6) is 0 Å². The summed E-state index contributed by atoms with van der Waals surface area (Å²) in [6.45, 7) is 3.97. The number of carbonyl (C=O) groups is 1. The van der Waals surface area contributed by atoms with Gasteiger partial charge in [-0.1, -0.05) is 17.7 Å². The van der Waals surface area contributed by atoms with Crippen molar-refractivity contribution >= 4 is 5.78 Å². The summed E-state index contributed by atoms with van der Waals surface area (Å²) in [6.07, 6.45) is 1.43. The van der Waals surface area contributed by atoms with Crippen LogP contribution in [0.2, 0.25) is 0 Å². The molecule has 0 atom stereocenters. The number of Topliss-reactive ketones (excluding diaryl/α,β-unsaturated/α-hetero) is 1. The van der Waals surface area contributed by atoms with Crippen molar-refractivity contribution in [1.82, 2.24) is 9.78 Å². The number of aryl methyl sites for hydroxylation is 2. The number of benzene rings is 1. The molecule has 3 nitrogen and oxygen atoms in total. The third-order valence-electron chi connectivity index (χ3n) is 3.30. The highest BCUT2D eigenvalue weighted by molar-refractivity contribution is 6.01. The number of hydrogen-bond acceptors (Lipinski definition) is 2. The number of nitrogens with zero attached hydrogens (tertiary/aromatic N) is 2. The Bertz CT molecular complexity index is 593. The van der Waals surface area contributed by atoms with Crippen molar-refractivity contribution in [3.05, 3.63) is 46.8 Å². The second-order valence-electron chi connectivity index (χ2n) is 4.58. The van der Waals surface area contributed by atoms with Crippen LogP contribution in [0, 0.1) is 13.8 Å². The van der Waals surface area contributed by atoms with Crippen molar-refractivity contribution in [3.63, 3.8) is 0 Å². The Balaban J connectivity index is 2.17. The molecule has 0 N–H and O–H groups in total. The molecule has 0 spiro atoms. The van der Waals surface area contributed by atoms with Crippen molar-refractivity contribution in [2.45, 2.75) is 26.7 Å². The molecule has 1 heterocycles. The molecule has 1 aliphatic carbocycles. The number of ketones is 1. The van der Waals surface area contributed by atoms with Gasteiger partial charge in [-0.05, 0) is 32.4 Å². The molecule has 3 heteroatoms. The summed E-state index contributed by atoms with van der Waals surface area (Å²) in [4.78, 5) is 11.7. The summed E-state index contributed by atoms with van der Waals surface area (Å²) in [5.74, 6) is 0.232. The van der Waals surface area contributed by atoms with Gasteiger partial charge in [0.2, 0.25) is 0 Å². The van der Waals surface area contributed by atoms with E-state index in [1.54, 1.807) is 0 Å². The van der Waals surface area contributed by atoms with Crippen molar-refractivity contribution in [3.8, 4) is 5.69 Å². The van der Waals surface area contributed by atoms with Gasteiger partial charge in [0.15, 0.2) is 5.78 Å². The maximum absolute atomic E-state index is 11.7. The van der Waals surface area contributed by atoms with Crippen LogP contribution in [0.3, 0.4) is 0 Å². The minimum atomic E-state index is 0.232. The Morgan fingerprint density at radius 2 is 1.82 bits per heavy atom. The highest BCUT2D eigenvalue weighted by Crippen LogP contribution is 2.27. The van der Waals surface area contributed by atoms with Gasteiger partial charge in [0.1, 0.15) is 0 Å². The van der Waals surface area contributed by atoms with Crippen LogP contribution in [0.25, 0.3) is 5.69 Å². The summed E-state index contributed by atoms with van der Waals surface area (Å²) in [7, 11) is 0. The van der Waals surface area contributed by atoms with Gasteiger partial charge in [-0.15, -0.1) is 0 Å². The lowest BCUT2D eigenvalue weighted by atomic mass is 10.2. The molecule has 0 fully saturated rings. The second kappa shape index (κ2) is 3.55. The summed E-state index contributed by atoms with van der Waals surface area (Å²) in [5.41, 5.74) is 5.02. The van der Waals surface area contributed by atoms with Gasteiger partial charge >= 0.3 is 0 Å². The van der Waals surface area contributed by atoms with Gasteiger partial charge in [0.05, 0.1) is 22.6 Å². The summed E-state index contributed by atoms with van der Waals surface area (Å²) < 4.78 is 1.91. The summed E-state index contributed by atoms with van der Waals surface area (Å²) in [6, 6.07) is 8.22. The number of aromatic nitrogens is 2. The van der Waals surface area contributed by atoms with Crippen molar-refractivity contribution in [1.29, 1.82) is 0 Å². The molecule has 0 unspecified atom stereocenters. The zero-order chi connectivity index (χ0) is 12.0. The molecule has 0 bridgehead atoms. The van der Waals surface area contributed by atoms with Crippen molar-refractivity contribution in [2.24, 2.45) is 0 Å². The summed E-state index contributed by atoms with van der Waals surface area (Å²) >= 11 is 0. The van der Waals surface area contributed by atoms with Crippen molar-refractivity contribution in [2.75, 3.05) is 0 Å². The molecule has 1 aromatic carbocycles.